The van der Waals surface area contributed by atoms with Crippen LogP contribution in [0, 0.1) is 6.92 Å². The lowest BCUT2D eigenvalue weighted by Crippen LogP contribution is -2.11. The van der Waals surface area contributed by atoms with E-state index in [1.54, 1.807) is 18.4 Å². The number of thiazole rings is 1. The Hall–Kier alpha value is -1.59. The van der Waals surface area contributed by atoms with E-state index in [9.17, 15) is 0 Å². The molecule has 1 N–H and O–H groups in total. The number of benzene rings is 1. The molecule has 4 nitrogen and oxygen atoms in total. The van der Waals surface area contributed by atoms with Gasteiger partial charge in [-0.3, -0.25) is 0 Å². The highest BCUT2D eigenvalue weighted by Gasteiger charge is 2.12. The summed E-state index contributed by atoms with van der Waals surface area (Å²) in [6.07, 6.45) is 0. The Morgan fingerprint density at radius 2 is 2.20 bits per heavy atom. The van der Waals surface area contributed by atoms with Crippen molar-refractivity contribution in [3.8, 4) is 5.75 Å². The second-order valence-corrected chi connectivity index (χ2v) is 5.61. The standard InChI is InChI=1S/C15H21N3OS/c1-5-16-10-14-11(2)17-15(20-14)18(3)12-7-6-8-13(9-12)19-4/h6-9,16H,5,10H2,1-4H3. The number of nitrogens with zero attached hydrogens (tertiary/aromatic N) is 2. The van der Waals surface area contributed by atoms with Crippen LogP contribution in [0.1, 0.15) is 17.5 Å². The lowest BCUT2D eigenvalue weighted by atomic mass is 10.3. The highest BCUT2D eigenvalue weighted by molar-refractivity contribution is 7.15. The third-order valence-corrected chi connectivity index (χ3v) is 4.38. The Kier molecular flexibility index (Phi) is 4.98. The van der Waals surface area contributed by atoms with Crippen LogP contribution >= 0.6 is 11.3 Å². The van der Waals surface area contributed by atoms with Crippen molar-refractivity contribution in [2.24, 2.45) is 0 Å². The molecule has 108 valence electrons. The summed E-state index contributed by atoms with van der Waals surface area (Å²) in [6, 6.07) is 8.01. The number of rotatable bonds is 6. The first kappa shape index (κ1) is 14.8. The van der Waals surface area contributed by atoms with Crippen molar-refractivity contribution in [2.75, 3.05) is 25.6 Å². The molecule has 2 aromatic rings. The Balaban J connectivity index is 2.21. The second kappa shape index (κ2) is 6.72. The highest BCUT2D eigenvalue weighted by Crippen LogP contribution is 2.31. The molecule has 0 saturated heterocycles. The number of hydrogen-bond acceptors (Lipinski definition) is 5. The molecule has 0 unspecified atom stereocenters. The van der Waals surface area contributed by atoms with Crippen LogP contribution in [0.5, 0.6) is 5.75 Å². The molecule has 0 radical (unpaired) electrons. The summed E-state index contributed by atoms with van der Waals surface area (Å²) in [7, 11) is 3.71. The molecule has 1 aromatic carbocycles. The minimum absolute atomic E-state index is 0.857. The van der Waals surface area contributed by atoms with E-state index < -0.39 is 0 Å². The van der Waals surface area contributed by atoms with E-state index in [4.69, 9.17) is 4.74 Å². The second-order valence-electron chi connectivity index (χ2n) is 4.55. The smallest absolute Gasteiger partial charge is 0.190 e. The predicted octanol–water partition coefficient (Wildman–Crippen LogP) is 3.34. The summed E-state index contributed by atoms with van der Waals surface area (Å²) < 4.78 is 5.27. The number of aryl methyl sites for hydroxylation is 1. The van der Waals surface area contributed by atoms with E-state index in [-0.39, 0.29) is 0 Å². The first-order chi connectivity index (χ1) is 9.65. The summed E-state index contributed by atoms with van der Waals surface area (Å²) in [5, 5.41) is 4.35. The largest absolute Gasteiger partial charge is 0.497 e. The first-order valence-corrected chi connectivity index (χ1v) is 7.52. The van der Waals surface area contributed by atoms with Gasteiger partial charge in [-0.25, -0.2) is 4.98 Å². The molecule has 0 aliphatic rings. The molecule has 0 fully saturated rings. The number of hydrogen-bond donors (Lipinski definition) is 1. The maximum Gasteiger partial charge on any atom is 0.190 e. The molecule has 20 heavy (non-hydrogen) atoms. The fourth-order valence-corrected chi connectivity index (χ4v) is 2.90. The van der Waals surface area contributed by atoms with Gasteiger partial charge in [0.15, 0.2) is 5.13 Å². The Morgan fingerprint density at radius 3 is 2.90 bits per heavy atom. The van der Waals surface area contributed by atoms with Gasteiger partial charge in [0.05, 0.1) is 12.8 Å². The van der Waals surface area contributed by atoms with E-state index in [0.717, 1.165) is 35.4 Å². The van der Waals surface area contributed by atoms with Crippen LogP contribution in [0.3, 0.4) is 0 Å². The molecular weight excluding hydrogens is 270 g/mol. The highest BCUT2D eigenvalue weighted by atomic mass is 32.1. The summed E-state index contributed by atoms with van der Waals surface area (Å²) in [4.78, 5) is 8.04. The van der Waals surface area contributed by atoms with Gasteiger partial charge in [-0.05, 0) is 25.6 Å². The van der Waals surface area contributed by atoms with Crippen molar-refractivity contribution in [3.05, 3.63) is 34.8 Å². The molecule has 0 atom stereocenters. The van der Waals surface area contributed by atoms with Crippen LogP contribution in [-0.2, 0) is 6.54 Å². The van der Waals surface area contributed by atoms with Crippen LogP contribution in [0.15, 0.2) is 24.3 Å². The number of anilines is 2. The van der Waals surface area contributed by atoms with Gasteiger partial charge in [0, 0.05) is 30.2 Å². The Bertz CT molecular complexity index is 568. The fourth-order valence-electron chi connectivity index (χ4n) is 1.89. The van der Waals surface area contributed by atoms with Crippen molar-refractivity contribution >= 4 is 22.2 Å². The molecule has 0 aliphatic heterocycles. The zero-order valence-electron chi connectivity index (χ0n) is 12.4. The van der Waals surface area contributed by atoms with Crippen LogP contribution in [0.25, 0.3) is 0 Å². The van der Waals surface area contributed by atoms with E-state index in [2.05, 4.69) is 35.1 Å². The molecule has 5 heteroatoms. The third kappa shape index (κ3) is 3.29. The van der Waals surface area contributed by atoms with Crippen molar-refractivity contribution in [2.45, 2.75) is 20.4 Å². The number of aromatic nitrogens is 1. The Labute approximate surface area is 124 Å². The normalized spacial score (nSPS) is 10.6. The average Bonchev–Trinajstić information content (AvgIpc) is 2.85. The van der Waals surface area contributed by atoms with Gasteiger partial charge in [-0.15, -0.1) is 0 Å². The first-order valence-electron chi connectivity index (χ1n) is 6.70. The van der Waals surface area contributed by atoms with Gasteiger partial charge >= 0.3 is 0 Å². The van der Waals surface area contributed by atoms with E-state index in [1.165, 1.54) is 4.88 Å². The molecule has 0 amide bonds. The predicted molar refractivity (Wildman–Crippen MR) is 85.3 cm³/mol. The van der Waals surface area contributed by atoms with Crippen molar-refractivity contribution in [3.63, 3.8) is 0 Å². The number of methoxy groups -OCH3 is 1. The average molecular weight is 291 g/mol. The maximum absolute atomic E-state index is 5.27. The minimum Gasteiger partial charge on any atom is -0.497 e. The van der Waals surface area contributed by atoms with Crippen LogP contribution < -0.4 is 15.0 Å². The molecule has 0 aliphatic carbocycles. The van der Waals surface area contributed by atoms with E-state index in [0.29, 0.717) is 0 Å². The third-order valence-electron chi connectivity index (χ3n) is 3.14. The van der Waals surface area contributed by atoms with Crippen molar-refractivity contribution in [1.29, 1.82) is 0 Å². The number of nitrogens with one attached hydrogen (secondary N) is 1. The van der Waals surface area contributed by atoms with Crippen LogP contribution in [0.4, 0.5) is 10.8 Å². The molecule has 1 aromatic heterocycles. The van der Waals surface area contributed by atoms with Gasteiger partial charge in [-0.2, -0.15) is 0 Å². The molecule has 0 bridgehead atoms. The van der Waals surface area contributed by atoms with Crippen LogP contribution in [-0.4, -0.2) is 25.7 Å². The van der Waals surface area contributed by atoms with E-state index >= 15 is 0 Å². The zero-order valence-corrected chi connectivity index (χ0v) is 13.3. The minimum atomic E-state index is 0.857. The van der Waals surface area contributed by atoms with Crippen LogP contribution in [0.2, 0.25) is 0 Å². The molecule has 2 rings (SSSR count). The summed E-state index contributed by atoms with van der Waals surface area (Å²) in [5.74, 6) is 0.857. The quantitative estimate of drug-likeness (QED) is 0.886. The fraction of sp³-hybridized carbons (Fsp3) is 0.400. The van der Waals surface area contributed by atoms with Gasteiger partial charge in [0.1, 0.15) is 5.75 Å². The molecule has 0 spiro atoms. The summed E-state index contributed by atoms with van der Waals surface area (Å²) >= 11 is 1.73. The van der Waals surface area contributed by atoms with Gasteiger partial charge in [-0.1, -0.05) is 24.3 Å². The summed E-state index contributed by atoms with van der Waals surface area (Å²) in [6.45, 7) is 6.02. The monoisotopic (exact) mass is 291 g/mol. The van der Waals surface area contributed by atoms with Gasteiger partial charge < -0.3 is 15.0 Å². The zero-order chi connectivity index (χ0) is 14.5. The topological polar surface area (TPSA) is 37.4 Å². The molecular formula is C15H21N3OS. The maximum atomic E-state index is 5.27. The molecule has 1 heterocycles. The number of ether oxygens (including phenoxy) is 1. The van der Waals surface area contributed by atoms with Crippen molar-refractivity contribution < 1.29 is 4.74 Å². The Morgan fingerprint density at radius 1 is 1.40 bits per heavy atom. The lowest BCUT2D eigenvalue weighted by molar-refractivity contribution is 0.415. The van der Waals surface area contributed by atoms with Gasteiger partial charge in [0.2, 0.25) is 0 Å². The lowest BCUT2D eigenvalue weighted by Gasteiger charge is -2.16. The molecule has 0 saturated carbocycles. The summed E-state index contributed by atoms with van der Waals surface area (Å²) in [5.41, 5.74) is 2.17. The van der Waals surface area contributed by atoms with Gasteiger partial charge in [0.25, 0.3) is 0 Å². The SMILES string of the molecule is CCNCc1sc(N(C)c2cccc(OC)c2)nc1C. The van der Waals surface area contributed by atoms with E-state index in [1.807, 2.05) is 25.2 Å². The van der Waals surface area contributed by atoms with Crippen molar-refractivity contribution in [1.82, 2.24) is 10.3 Å².